The van der Waals surface area contributed by atoms with Crippen molar-refractivity contribution in [3.8, 4) is 11.5 Å². The number of methoxy groups -OCH3 is 2. The molecule has 8 nitrogen and oxygen atoms in total. The van der Waals surface area contributed by atoms with E-state index in [0.717, 1.165) is 0 Å². The van der Waals surface area contributed by atoms with Gasteiger partial charge in [-0.3, -0.25) is 4.79 Å². The summed E-state index contributed by atoms with van der Waals surface area (Å²) in [6.07, 6.45) is 0.338. The number of hydrogen-bond donors (Lipinski definition) is 1. The molecular weight excluding hydrogens is 350 g/mol. The third kappa shape index (κ3) is 4.85. The van der Waals surface area contributed by atoms with Gasteiger partial charge in [0, 0.05) is 0 Å². The molecule has 1 aromatic rings. The highest BCUT2D eigenvalue weighted by atomic mass is 32.2. The second-order valence-electron chi connectivity index (χ2n) is 6.10. The monoisotopic (exact) mass is 371 g/mol. The van der Waals surface area contributed by atoms with E-state index in [1.807, 2.05) is 0 Å². The van der Waals surface area contributed by atoms with Crippen LogP contribution in [0.15, 0.2) is 18.2 Å². The van der Waals surface area contributed by atoms with Crippen molar-refractivity contribution >= 4 is 21.7 Å². The van der Waals surface area contributed by atoms with Crippen molar-refractivity contribution in [3.63, 3.8) is 0 Å². The zero-order chi connectivity index (χ0) is 18.7. The summed E-state index contributed by atoms with van der Waals surface area (Å²) < 4.78 is 38.2. The minimum absolute atomic E-state index is 0.0369. The van der Waals surface area contributed by atoms with Crippen LogP contribution in [0.5, 0.6) is 11.5 Å². The lowest BCUT2D eigenvalue weighted by molar-refractivity contribution is -0.125. The summed E-state index contributed by atoms with van der Waals surface area (Å²) in [5.74, 6) is -0.490. The summed E-state index contributed by atoms with van der Waals surface area (Å²) in [4.78, 5) is 24.0. The van der Waals surface area contributed by atoms with E-state index in [1.165, 1.54) is 26.4 Å². The van der Waals surface area contributed by atoms with Gasteiger partial charge in [-0.15, -0.1) is 0 Å². The second-order valence-corrected chi connectivity index (χ2v) is 8.28. The van der Waals surface area contributed by atoms with Crippen molar-refractivity contribution in [2.45, 2.75) is 18.9 Å². The van der Waals surface area contributed by atoms with Gasteiger partial charge in [-0.05, 0) is 31.5 Å². The molecule has 9 heteroatoms. The van der Waals surface area contributed by atoms with Gasteiger partial charge < -0.3 is 19.5 Å². The van der Waals surface area contributed by atoms with Gasteiger partial charge in [0.25, 0.3) is 5.91 Å². The molecule has 1 amide bonds. The third-order valence-electron chi connectivity index (χ3n) is 3.90. The molecule has 1 aliphatic rings. The Morgan fingerprint density at radius 3 is 2.44 bits per heavy atom. The number of carbonyl (C=O) groups excluding carboxylic acids is 2. The molecule has 1 fully saturated rings. The predicted octanol–water partition coefficient (Wildman–Crippen LogP) is 0.554. The fourth-order valence-corrected chi connectivity index (χ4v) is 4.75. The Kier molecular flexibility index (Phi) is 5.56. The van der Waals surface area contributed by atoms with Gasteiger partial charge in [0.2, 0.25) is 0 Å². The van der Waals surface area contributed by atoms with Crippen molar-refractivity contribution in [2.75, 3.05) is 32.3 Å². The van der Waals surface area contributed by atoms with Crippen LogP contribution in [0.25, 0.3) is 0 Å². The first kappa shape index (κ1) is 19.0. The average Bonchev–Trinajstić information content (AvgIpc) is 2.84. The van der Waals surface area contributed by atoms with E-state index >= 15 is 0 Å². The lowest BCUT2D eigenvalue weighted by atomic mass is 10.0. The number of amides is 1. The van der Waals surface area contributed by atoms with Crippen LogP contribution in [0, 0.1) is 0 Å². The van der Waals surface area contributed by atoms with Crippen molar-refractivity contribution in [1.29, 1.82) is 0 Å². The first-order chi connectivity index (χ1) is 11.7. The molecule has 0 saturated carbocycles. The number of benzene rings is 1. The van der Waals surface area contributed by atoms with Gasteiger partial charge >= 0.3 is 5.97 Å². The van der Waals surface area contributed by atoms with Gasteiger partial charge in [-0.1, -0.05) is 0 Å². The first-order valence-corrected chi connectivity index (χ1v) is 9.41. The van der Waals surface area contributed by atoms with Crippen LogP contribution in [0.2, 0.25) is 0 Å². The Hall–Kier alpha value is -2.29. The van der Waals surface area contributed by atoms with Crippen LogP contribution in [0.4, 0.5) is 0 Å². The molecule has 1 aliphatic heterocycles. The number of ether oxygens (including phenoxy) is 3. The van der Waals surface area contributed by atoms with E-state index in [1.54, 1.807) is 13.0 Å². The smallest absolute Gasteiger partial charge is 0.338 e. The molecule has 25 heavy (non-hydrogen) atoms. The van der Waals surface area contributed by atoms with E-state index in [2.05, 4.69) is 5.32 Å². The first-order valence-electron chi connectivity index (χ1n) is 7.59. The predicted molar refractivity (Wildman–Crippen MR) is 89.6 cm³/mol. The zero-order valence-corrected chi connectivity index (χ0v) is 15.1. The number of carbonyl (C=O) groups is 2. The van der Waals surface area contributed by atoms with Gasteiger partial charge in [0.15, 0.2) is 27.9 Å². The highest BCUT2D eigenvalue weighted by Gasteiger charge is 2.39. The van der Waals surface area contributed by atoms with Crippen molar-refractivity contribution < 1.29 is 32.2 Å². The normalized spacial score (nSPS) is 21.4. The Labute approximate surface area is 146 Å². The maximum atomic E-state index is 12.0. The van der Waals surface area contributed by atoms with E-state index < -0.39 is 33.9 Å². The molecule has 1 atom stereocenters. The number of nitrogens with one attached hydrogen (secondary N) is 1. The number of rotatable bonds is 6. The fourth-order valence-electron chi connectivity index (χ4n) is 2.66. The van der Waals surface area contributed by atoms with Crippen LogP contribution in [-0.2, 0) is 19.4 Å². The Bertz CT molecular complexity index is 775. The Morgan fingerprint density at radius 2 is 1.88 bits per heavy atom. The van der Waals surface area contributed by atoms with Crippen molar-refractivity contribution in [1.82, 2.24) is 5.32 Å². The quantitative estimate of drug-likeness (QED) is 0.728. The molecule has 0 spiro atoms. The van der Waals surface area contributed by atoms with Crippen molar-refractivity contribution in [3.05, 3.63) is 23.8 Å². The SMILES string of the molecule is COc1ccc(C(=O)OCC(=O)N[C@@]2(C)CCS(=O)(=O)C2)cc1OC. The Balaban J connectivity index is 1.92. The standard InChI is InChI=1S/C16H21NO7S/c1-16(6-7-25(20,21)10-16)17-14(18)9-24-15(19)11-4-5-12(22-2)13(8-11)23-3/h4-5,8H,6-7,9-10H2,1-3H3,(H,17,18)/t16-/m0/s1. The Morgan fingerprint density at radius 1 is 1.20 bits per heavy atom. The van der Waals surface area contributed by atoms with Crippen LogP contribution in [0.3, 0.4) is 0 Å². The topological polar surface area (TPSA) is 108 Å². The molecule has 0 aliphatic carbocycles. The number of hydrogen-bond acceptors (Lipinski definition) is 7. The maximum Gasteiger partial charge on any atom is 0.338 e. The average molecular weight is 371 g/mol. The molecule has 0 bridgehead atoms. The summed E-state index contributed by atoms with van der Waals surface area (Å²) >= 11 is 0. The van der Waals surface area contributed by atoms with Gasteiger partial charge in [-0.25, -0.2) is 13.2 Å². The van der Waals surface area contributed by atoms with Crippen LogP contribution >= 0.6 is 0 Å². The van der Waals surface area contributed by atoms with E-state index in [-0.39, 0.29) is 17.1 Å². The number of esters is 1. The second kappa shape index (κ2) is 7.30. The summed E-state index contributed by atoms with van der Waals surface area (Å²) in [6, 6.07) is 4.50. The minimum Gasteiger partial charge on any atom is -0.493 e. The van der Waals surface area contributed by atoms with E-state index in [0.29, 0.717) is 17.9 Å². The molecule has 0 aromatic heterocycles. The minimum atomic E-state index is -3.14. The molecular formula is C16H21NO7S. The fraction of sp³-hybridized carbons (Fsp3) is 0.500. The molecule has 0 radical (unpaired) electrons. The van der Waals surface area contributed by atoms with Crippen LogP contribution in [0.1, 0.15) is 23.7 Å². The molecule has 1 N–H and O–H groups in total. The molecule has 1 aromatic carbocycles. The molecule has 1 heterocycles. The van der Waals surface area contributed by atoms with Gasteiger partial charge in [0.05, 0.1) is 36.8 Å². The third-order valence-corrected chi connectivity index (χ3v) is 5.80. The van der Waals surface area contributed by atoms with Crippen LogP contribution < -0.4 is 14.8 Å². The highest BCUT2D eigenvalue weighted by molar-refractivity contribution is 7.91. The molecule has 2 rings (SSSR count). The lowest BCUT2D eigenvalue weighted by Gasteiger charge is -2.23. The highest BCUT2D eigenvalue weighted by Crippen LogP contribution is 2.27. The molecule has 138 valence electrons. The van der Waals surface area contributed by atoms with Crippen molar-refractivity contribution in [2.24, 2.45) is 0 Å². The van der Waals surface area contributed by atoms with E-state index in [4.69, 9.17) is 14.2 Å². The maximum absolute atomic E-state index is 12.0. The largest absolute Gasteiger partial charge is 0.493 e. The lowest BCUT2D eigenvalue weighted by Crippen LogP contribution is -2.48. The summed E-state index contributed by atoms with van der Waals surface area (Å²) in [7, 11) is -0.219. The summed E-state index contributed by atoms with van der Waals surface area (Å²) in [5, 5.41) is 2.62. The van der Waals surface area contributed by atoms with Crippen LogP contribution in [-0.4, -0.2) is 58.2 Å². The summed E-state index contributed by atoms with van der Waals surface area (Å²) in [6.45, 7) is 1.16. The number of sulfone groups is 1. The summed E-state index contributed by atoms with van der Waals surface area (Å²) in [5.41, 5.74) is -0.619. The molecule has 0 unspecified atom stereocenters. The van der Waals surface area contributed by atoms with Gasteiger partial charge in [0.1, 0.15) is 0 Å². The van der Waals surface area contributed by atoms with Gasteiger partial charge in [-0.2, -0.15) is 0 Å². The van der Waals surface area contributed by atoms with E-state index in [9.17, 15) is 18.0 Å². The molecule has 1 saturated heterocycles. The zero-order valence-electron chi connectivity index (χ0n) is 14.3.